The number of hydrogen-bond acceptors (Lipinski definition) is 4. The summed E-state index contributed by atoms with van der Waals surface area (Å²) in [6.07, 6.45) is 0.418. The van der Waals surface area contributed by atoms with Crippen LogP contribution >= 0.6 is 0 Å². The number of carbonyl (C=O) groups excluding carboxylic acids is 2. The normalized spacial score (nSPS) is 13.0. The highest BCUT2D eigenvalue weighted by molar-refractivity contribution is 5.94. The maximum Gasteiger partial charge on any atom is 0.305 e. The minimum Gasteiger partial charge on any atom is -0.481 e. The molecule has 0 fully saturated rings. The number of rotatable bonds is 9. The van der Waals surface area contributed by atoms with E-state index in [4.69, 9.17) is 9.84 Å². The summed E-state index contributed by atoms with van der Waals surface area (Å²) < 4.78 is 5.00. The summed E-state index contributed by atoms with van der Waals surface area (Å²) in [4.78, 5) is 34.7. The van der Waals surface area contributed by atoms with Gasteiger partial charge in [0.15, 0.2) is 0 Å². The number of hydrogen-bond donors (Lipinski definition) is 3. The van der Waals surface area contributed by atoms with Gasteiger partial charge in [0.1, 0.15) is 0 Å². The molecule has 1 atom stereocenters. The van der Waals surface area contributed by atoms with Crippen LogP contribution in [0.3, 0.4) is 0 Å². The Labute approximate surface area is 141 Å². The van der Waals surface area contributed by atoms with Gasteiger partial charge in [0.05, 0.1) is 18.6 Å². The minimum absolute atomic E-state index is 0.108. The molecule has 0 aliphatic carbocycles. The highest BCUT2D eigenvalue weighted by Gasteiger charge is 2.29. The molecule has 1 aromatic rings. The van der Waals surface area contributed by atoms with Gasteiger partial charge in [-0.15, -0.1) is 0 Å². The zero-order valence-electron chi connectivity index (χ0n) is 14.2. The number of benzene rings is 1. The Kier molecular flexibility index (Phi) is 7.38. The summed E-state index contributed by atoms with van der Waals surface area (Å²) in [5.41, 5.74) is 0.435. The van der Waals surface area contributed by atoms with Crippen LogP contribution in [0.5, 0.6) is 0 Å². The third-order valence-corrected chi connectivity index (χ3v) is 3.50. The number of methoxy groups -OCH3 is 1. The van der Waals surface area contributed by atoms with Crippen LogP contribution in [0.15, 0.2) is 24.3 Å². The summed E-state index contributed by atoms with van der Waals surface area (Å²) >= 11 is 0. The molecule has 2 amide bonds. The fourth-order valence-electron chi connectivity index (χ4n) is 2.45. The van der Waals surface area contributed by atoms with E-state index in [2.05, 4.69) is 10.6 Å². The molecule has 0 saturated heterocycles. The van der Waals surface area contributed by atoms with E-state index in [1.165, 1.54) is 7.11 Å². The number of aryl methyl sites for hydroxylation is 1. The molecule has 0 bridgehead atoms. The van der Waals surface area contributed by atoms with Gasteiger partial charge in [0, 0.05) is 26.1 Å². The SMILES string of the molecule is CNC(=O)c1cccc(CCC(=O)NC(C)(COC)CC(=O)O)c1. The molecule has 132 valence electrons. The van der Waals surface area contributed by atoms with Gasteiger partial charge < -0.3 is 20.5 Å². The Morgan fingerprint density at radius 2 is 2.00 bits per heavy atom. The van der Waals surface area contributed by atoms with E-state index in [1.54, 1.807) is 32.2 Å². The third-order valence-electron chi connectivity index (χ3n) is 3.50. The quantitative estimate of drug-likeness (QED) is 0.623. The van der Waals surface area contributed by atoms with Crippen molar-refractivity contribution in [3.8, 4) is 0 Å². The maximum absolute atomic E-state index is 12.1. The van der Waals surface area contributed by atoms with E-state index >= 15 is 0 Å². The van der Waals surface area contributed by atoms with Crippen molar-refractivity contribution >= 4 is 17.8 Å². The smallest absolute Gasteiger partial charge is 0.305 e. The second-order valence-corrected chi connectivity index (χ2v) is 5.89. The van der Waals surface area contributed by atoms with Crippen LogP contribution in [-0.2, 0) is 20.7 Å². The zero-order valence-corrected chi connectivity index (χ0v) is 14.2. The summed E-state index contributed by atoms with van der Waals surface area (Å²) in [6.45, 7) is 1.74. The van der Waals surface area contributed by atoms with Crippen LogP contribution in [0, 0.1) is 0 Å². The Balaban J connectivity index is 2.65. The molecular weight excluding hydrogens is 312 g/mol. The predicted molar refractivity (Wildman–Crippen MR) is 88.8 cm³/mol. The maximum atomic E-state index is 12.1. The molecule has 1 aromatic carbocycles. The van der Waals surface area contributed by atoms with Crippen molar-refractivity contribution in [2.45, 2.75) is 31.7 Å². The Morgan fingerprint density at radius 3 is 2.58 bits per heavy atom. The van der Waals surface area contributed by atoms with Crippen LogP contribution in [0.2, 0.25) is 0 Å². The molecule has 24 heavy (non-hydrogen) atoms. The molecule has 0 aliphatic rings. The molecule has 1 unspecified atom stereocenters. The van der Waals surface area contributed by atoms with E-state index in [0.29, 0.717) is 12.0 Å². The first-order valence-corrected chi connectivity index (χ1v) is 7.62. The molecule has 7 nitrogen and oxygen atoms in total. The first kappa shape index (κ1) is 19.6. The van der Waals surface area contributed by atoms with Gasteiger partial charge in [-0.3, -0.25) is 14.4 Å². The number of ether oxygens (including phenoxy) is 1. The number of carbonyl (C=O) groups is 3. The summed E-state index contributed by atoms with van der Waals surface area (Å²) in [5, 5.41) is 14.2. The summed E-state index contributed by atoms with van der Waals surface area (Å²) in [5.74, 6) is -1.45. The standard InChI is InChI=1S/C17H24N2O5/c1-17(11-24-3,10-15(21)22)19-14(20)8-7-12-5-4-6-13(9-12)16(23)18-2/h4-6,9H,7-8,10-11H2,1-3H3,(H,18,23)(H,19,20)(H,21,22). The van der Waals surface area contributed by atoms with Crippen LogP contribution in [0.1, 0.15) is 35.7 Å². The fourth-order valence-corrected chi connectivity index (χ4v) is 2.45. The molecular formula is C17H24N2O5. The van der Waals surface area contributed by atoms with E-state index in [0.717, 1.165) is 5.56 Å². The molecule has 0 aromatic heterocycles. The highest BCUT2D eigenvalue weighted by atomic mass is 16.5. The molecule has 0 heterocycles. The fraction of sp³-hybridized carbons (Fsp3) is 0.471. The topological polar surface area (TPSA) is 105 Å². The van der Waals surface area contributed by atoms with Crippen molar-refractivity contribution in [3.05, 3.63) is 35.4 Å². The zero-order chi connectivity index (χ0) is 18.2. The van der Waals surface area contributed by atoms with Gasteiger partial charge in [0.25, 0.3) is 5.91 Å². The lowest BCUT2D eigenvalue weighted by molar-refractivity contribution is -0.139. The van der Waals surface area contributed by atoms with Gasteiger partial charge in [-0.25, -0.2) is 0 Å². The van der Waals surface area contributed by atoms with E-state index in [9.17, 15) is 14.4 Å². The predicted octanol–water partition coefficient (Wildman–Crippen LogP) is 0.975. The van der Waals surface area contributed by atoms with Crippen LogP contribution in [-0.4, -0.2) is 49.2 Å². The molecule has 3 N–H and O–H groups in total. The first-order valence-electron chi connectivity index (χ1n) is 7.62. The summed E-state index contributed by atoms with van der Waals surface area (Å²) in [7, 11) is 3.01. The Morgan fingerprint density at radius 1 is 1.29 bits per heavy atom. The Bertz CT molecular complexity index is 602. The summed E-state index contributed by atoms with van der Waals surface area (Å²) in [6, 6.07) is 7.03. The second kappa shape index (κ2) is 9.02. The van der Waals surface area contributed by atoms with Gasteiger partial charge in [-0.2, -0.15) is 0 Å². The Hall–Kier alpha value is -2.41. The number of carboxylic acid groups (broad SMARTS) is 1. The van der Waals surface area contributed by atoms with Crippen molar-refractivity contribution in [1.82, 2.24) is 10.6 Å². The molecule has 1 rings (SSSR count). The largest absolute Gasteiger partial charge is 0.481 e. The minimum atomic E-state index is -1.01. The lowest BCUT2D eigenvalue weighted by Crippen LogP contribution is -2.50. The lowest BCUT2D eigenvalue weighted by atomic mass is 9.98. The van der Waals surface area contributed by atoms with Crippen molar-refractivity contribution in [1.29, 1.82) is 0 Å². The molecule has 7 heteroatoms. The third kappa shape index (κ3) is 6.37. The van der Waals surface area contributed by atoms with Gasteiger partial charge >= 0.3 is 5.97 Å². The average Bonchev–Trinajstić information content (AvgIpc) is 2.51. The van der Waals surface area contributed by atoms with E-state index < -0.39 is 11.5 Å². The van der Waals surface area contributed by atoms with E-state index in [1.807, 2.05) is 6.07 Å². The second-order valence-electron chi connectivity index (χ2n) is 5.89. The van der Waals surface area contributed by atoms with Crippen LogP contribution < -0.4 is 10.6 Å². The number of aliphatic carboxylic acids is 1. The number of carboxylic acids is 1. The average molecular weight is 336 g/mol. The van der Waals surface area contributed by atoms with Crippen molar-refractivity contribution < 1.29 is 24.2 Å². The van der Waals surface area contributed by atoms with Crippen molar-refractivity contribution in [3.63, 3.8) is 0 Å². The van der Waals surface area contributed by atoms with E-state index in [-0.39, 0.29) is 31.3 Å². The van der Waals surface area contributed by atoms with Gasteiger partial charge in [-0.1, -0.05) is 12.1 Å². The van der Waals surface area contributed by atoms with Crippen LogP contribution in [0.25, 0.3) is 0 Å². The van der Waals surface area contributed by atoms with Crippen molar-refractivity contribution in [2.75, 3.05) is 20.8 Å². The highest BCUT2D eigenvalue weighted by Crippen LogP contribution is 2.12. The first-order chi connectivity index (χ1) is 11.3. The van der Waals surface area contributed by atoms with Crippen LogP contribution in [0.4, 0.5) is 0 Å². The van der Waals surface area contributed by atoms with Gasteiger partial charge in [-0.05, 0) is 31.0 Å². The number of amides is 2. The molecule has 0 saturated carbocycles. The van der Waals surface area contributed by atoms with Gasteiger partial charge in [0.2, 0.25) is 5.91 Å². The molecule has 0 radical (unpaired) electrons. The molecule has 0 aliphatic heterocycles. The monoisotopic (exact) mass is 336 g/mol. The van der Waals surface area contributed by atoms with Crippen molar-refractivity contribution in [2.24, 2.45) is 0 Å². The number of nitrogens with one attached hydrogen (secondary N) is 2. The lowest BCUT2D eigenvalue weighted by Gasteiger charge is -2.28. The molecule has 0 spiro atoms.